The standard InChI is InChI=1S/C54H32N4/c1-3-9-33(10-4-1)46-28-22-35-15-16-36-23-29-47(56-52(36)51(35)55-46)40-20-25-42-38(31-40)17-18-39-32-41(21-26-43(39)42)48-30-24-37-19-27-45-50(34-11-5-2-6-12-34)44-13-7-8-14-49(44)58-54(45)53(37)57-48/h1-32H. The molecule has 0 amide bonds. The molecule has 268 valence electrons. The van der Waals surface area contributed by atoms with Gasteiger partial charge in [-0.15, -0.1) is 0 Å². The van der Waals surface area contributed by atoms with Crippen molar-refractivity contribution in [3.8, 4) is 44.9 Å². The van der Waals surface area contributed by atoms with E-state index in [1.165, 1.54) is 32.7 Å². The molecule has 0 aliphatic rings. The molecule has 0 N–H and O–H groups in total. The summed E-state index contributed by atoms with van der Waals surface area (Å²) in [5.41, 5.74) is 13.0. The molecule has 4 heteroatoms. The minimum atomic E-state index is 0.909. The van der Waals surface area contributed by atoms with Gasteiger partial charge in [0, 0.05) is 49.2 Å². The van der Waals surface area contributed by atoms with E-state index < -0.39 is 0 Å². The van der Waals surface area contributed by atoms with E-state index in [4.69, 9.17) is 19.9 Å². The molecule has 0 aliphatic carbocycles. The fraction of sp³-hybridized carbons (Fsp3) is 0. The first-order valence-electron chi connectivity index (χ1n) is 19.6. The van der Waals surface area contributed by atoms with Gasteiger partial charge in [-0.25, -0.2) is 19.9 Å². The zero-order valence-electron chi connectivity index (χ0n) is 31.3. The van der Waals surface area contributed by atoms with E-state index in [-0.39, 0.29) is 0 Å². The zero-order valence-corrected chi connectivity index (χ0v) is 31.3. The van der Waals surface area contributed by atoms with Crippen molar-refractivity contribution in [3.63, 3.8) is 0 Å². The highest BCUT2D eigenvalue weighted by molar-refractivity contribution is 6.16. The predicted molar refractivity (Wildman–Crippen MR) is 242 cm³/mol. The second-order valence-corrected chi connectivity index (χ2v) is 15.0. The quantitative estimate of drug-likeness (QED) is 0.133. The Balaban J connectivity index is 0.937. The van der Waals surface area contributed by atoms with Gasteiger partial charge in [0.1, 0.15) is 0 Å². The fourth-order valence-corrected chi connectivity index (χ4v) is 8.70. The van der Waals surface area contributed by atoms with Crippen LogP contribution in [-0.2, 0) is 0 Å². The topological polar surface area (TPSA) is 51.6 Å². The lowest BCUT2D eigenvalue weighted by Gasteiger charge is -2.13. The van der Waals surface area contributed by atoms with Crippen molar-refractivity contribution in [3.05, 3.63) is 194 Å². The van der Waals surface area contributed by atoms with Crippen molar-refractivity contribution in [1.82, 2.24) is 19.9 Å². The van der Waals surface area contributed by atoms with Crippen molar-refractivity contribution in [1.29, 1.82) is 0 Å². The van der Waals surface area contributed by atoms with Crippen molar-refractivity contribution in [2.24, 2.45) is 0 Å². The monoisotopic (exact) mass is 736 g/mol. The molecule has 8 aromatic carbocycles. The van der Waals surface area contributed by atoms with E-state index in [1.54, 1.807) is 0 Å². The SMILES string of the molecule is c1ccc(-c2ccc3ccc4ccc(-c5ccc6c(ccc7cc(-c8ccc9ccc%10c(-c%11ccccc%11)c%11ccccc%11nc%10c9n8)ccc76)c5)nc4c3n2)cc1. The van der Waals surface area contributed by atoms with Crippen LogP contribution in [0.2, 0.25) is 0 Å². The second-order valence-electron chi connectivity index (χ2n) is 15.0. The number of hydrogen-bond acceptors (Lipinski definition) is 4. The molecular formula is C54H32N4. The van der Waals surface area contributed by atoms with Crippen molar-refractivity contribution in [2.45, 2.75) is 0 Å². The number of para-hydroxylation sites is 1. The first-order valence-corrected chi connectivity index (χ1v) is 19.6. The van der Waals surface area contributed by atoms with E-state index in [0.29, 0.717) is 0 Å². The molecule has 58 heavy (non-hydrogen) atoms. The maximum atomic E-state index is 5.32. The molecular weight excluding hydrogens is 705 g/mol. The second kappa shape index (κ2) is 12.9. The Bertz CT molecular complexity index is 3620. The van der Waals surface area contributed by atoms with Crippen molar-refractivity contribution < 1.29 is 0 Å². The Morgan fingerprint density at radius 2 is 0.672 bits per heavy atom. The van der Waals surface area contributed by atoms with Crippen LogP contribution in [0.15, 0.2) is 194 Å². The predicted octanol–water partition coefficient (Wildman–Crippen LogP) is 14.0. The molecule has 0 radical (unpaired) electrons. The van der Waals surface area contributed by atoms with Gasteiger partial charge in [-0.1, -0.05) is 158 Å². The Morgan fingerprint density at radius 3 is 1.26 bits per heavy atom. The normalized spacial score (nSPS) is 11.8. The van der Waals surface area contributed by atoms with Gasteiger partial charge >= 0.3 is 0 Å². The Hall–Kier alpha value is -7.82. The fourth-order valence-electron chi connectivity index (χ4n) is 8.70. The molecule has 4 heterocycles. The van der Waals surface area contributed by atoms with Gasteiger partial charge < -0.3 is 0 Å². The Morgan fingerprint density at radius 1 is 0.241 bits per heavy atom. The van der Waals surface area contributed by atoms with Crippen LogP contribution in [0, 0.1) is 0 Å². The highest BCUT2D eigenvalue weighted by Gasteiger charge is 2.16. The molecule has 4 nitrogen and oxygen atoms in total. The van der Waals surface area contributed by atoms with Crippen LogP contribution in [0.4, 0.5) is 0 Å². The summed E-state index contributed by atoms with van der Waals surface area (Å²) >= 11 is 0. The Kier molecular flexibility index (Phi) is 7.20. The van der Waals surface area contributed by atoms with Crippen LogP contribution < -0.4 is 0 Å². The van der Waals surface area contributed by atoms with E-state index in [2.05, 4.69) is 176 Å². The van der Waals surface area contributed by atoms with Gasteiger partial charge in [0.05, 0.1) is 44.7 Å². The van der Waals surface area contributed by atoms with Crippen LogP contribution in [0.25, 0.3) is 121 Å². The van der Waals surface area contributed by atoms with Crippen molar-refractivity contribution >= 4 is 76.1 Å². The first kappa shape index (κ1) is 32.4. The number of rotatable bonds is 4. The van der Waals surface area contributed by atoms with Crippen LogP contribution in [0.5, 0.6) is 0 Å². The summed E-state index contributed by atoms with van der Waals surface area (Å²) in [6.07, 6.45) is 0. The third-order valence-electron chi connectivity index (χ3n) is 11.6. The molecule has 0 atom stereocenters. The van der Waals surface area contributed by atoms with Gasteiger partial charge in [-0.3, -0.25) is 0 Å². The van der Waals surface area contributed by atoms with E-state index in [1.807, 2.05) is 18.2 Å². The molecule has 0 bridgehead atoms. The van der Waals surface area contributed by atoms with Gasteiger partial charge in [0.25, 0.3) is 0 Å². The largest absolute Gasteiger partial charge is 0.245 e. The van der Waals surface area contributed by atoms with Crippen LogP contribution in [-0.4, -0.2) is 19.9 Å². The third-order valence-corrected chi connectivity index (χ3v) is 11.6. The maximum Gasteiger partial charge on any atom is 0.0978 e. The lowest BCUT2D eigenvalue weighted by atomic mass is 9.95. The van der Waals surface area contributed by atoms with E-state index in [0.717, 1.165) is 88.3 Å². The minimum Gasteiger partial charge on any atom is -0.245 e. The summed E-state index contributed by atoms with van der Waals surface area (Å²) in [6.45, 7) is 0. The lowest BCUT2D eigenvalue weighted by Crippen LogP contribution is -1.93. The summed E-state index contributed by atoms with van der Waals surface area (Å²) in [7, 11) is 0. The first-order chi connectivity index (χ1) is 28.7. The molecule has 0 saturated heterocycles. The number of fused-ring (bicyclic) bond motifs is 10. The van der Waals surface area contributed by atoms with Gasteiger partial charge in [-0.05, 0) is 63.5 Å². The van der Waals surface area contributed by atoms with Gasteiger partial charge in [0.15, 0.2) is 0 Å². The molecule has 4 aromatic heterocycles. The molecule has 0 aliphatic heterocycles. The number of hydrogen-bond donors (Lipinski definition) is 0. The molecule has 12 aromatic rings. The third kappa shape index (κ3) is 5.23. The molecule has 0 fully saturated rings. The molecule has 0 spiro atoms. The molecule has 0 unspecified atom stereocenters. The zero-order chi connectivity index (χ0) is 38.2. The van der Waals surface area contributed by atoms with Crippen LogP contribution >= 0.6 is 0 Å². The highest BCUT2D eigenvalue weighted by Crippen LogP contribution is 2.39. The lowest BCUT2D eigenvalue weighted by molar-refractivity contribution is 1.37. The minimum absolute atomic E-state index is 0.909. The summed E-state index contributed by atoms with van der Waals surface area (Å²) in [4.78, 5) is 20.9. The summed E-state index contributed by atoms with van der Waals surface area (Å²) in [5, 5.41) is 10.2. The van der Waals surface area contributed by atoms with E-state index in [9.17, 15) is 0 Å². The number of nitrogens with zero attached hydrogens (tertiary/aromatic N) is 4. The Labute approximate surface area is 333 Å². The average molecular weight is 737 g/mol. The summed E-state index contributed by atoms with van der Waals surface area (Å²) < 4.78 is 0. The smallest absolute Gasteiger partial charge is 0.0978 e. The summed E-state index contributed by atoms with van der Waals surface area (Å²) in [5.74, 6) is 0. The van der Waals surface area contributed by atoms with Crippen LogP contribution in [0.1, 0.15) is 0 Å². The van der Waals surface area contributed by atoms with E-state index >= 15 is 0 Å². The van der Waals surface area contributed by atoms with Crippen LogP contribution in [0.3, 0.4) is 0 Å². The molecule has 12 rings (SSSR count). The number of aromatic nitrogens is 4. The summed E-state index contributed by atoms with van der Waals surface area (Å²) in [6, 6.07) is 68.6. The molecule has 0 saturated carbocycles. The number of pyridine rings is 4. The highest BCUT2D eigenvalue weighted by atomic mass is 14.8. The maximum absolute atomic E-state index is 5.32. The van der Waals surface area contributed by atoms with Gasteiger partial charge in [-0.2, -0.15) is 0 Å². The number of benzene rings is 8. The van der Waals surface area contributed by atoms with Gasteiger partial charge in [0.2, 0.25) is 0 Å². The average Bonchev–Trinajstić information content (AvgIpc) is 3.30. The van der Waals surface area contributed by atoms with Crippen molar-refractivity contribution in [2.75, 3.05) is 0 Å².